The van der Waals surface area contributed by atoms with Gasteiger partial charge in [0.2, 0.25) is 0 Å². The number of hydrogen-bond donors (Lipinski definition) is 3. The Hall–Kier alpha value is -2.95. The number of nitrogens with one attached hydrogen (secondary N) is 3. The first-order valence-electron chi connectivity index (χ1n) is 10.3. The molecule has 1 aliphatic rings. The third-order valence-corrected chi connectivity index (χ3v) is 5.23. The van der Waals surface area contributed by atoms with Crippen LogP contribution in [0.15, 0.2) is 53.7 Å². The lowest BCUT2D eigenvalue weighted by molar-refractivity contribution is 0.0657. The molecule has 0 spiro atoms. The maximum absolute atomic E-state index is 13.3. The summed E-state index contributed by atoms with van der Waals surface area (Å²) in [6.45, 7) is 3.84. The van der Waals surface area contributed by atoms with E-state index in [0.29, 0.717) is 43.1 Å². The molecule has 3 N–H and O–H groups in total. The predicted octanol–water partition coefficient (Wildman–Crippen LogP) is 3.32. The molecule has 9 heteroatoms. The van der Waals surface area contributed by atoms with Gasteiger partial charge in [0.25, 0.3) is 11.8 Å². The first kappa shape index (κ1) is 23.7. The molecule has 0 aliphatic carbocycles. The van der Waals surface area contributed by atoms with E-state index in [1.54, 1.807) is 30.3 Å². The minimum atomic E-state index is -0.268. The van der Waals surface area contributed by atoms with Crippen LogP contribution in [0.3, 0.4) is 0 Å². The Balaban J connectivity index is 0.00000289. The second-order valence-corrected chi connectivity index (χ2v) is 7.25. The number of guanidine groups is 1. The first-order valence-corrected chi connectivity index (χ1v) is 10.3. The van der Waals surface area contributed by atoms with Crippen LogP contribution in [-0.2, 0) is 6.42 Å². The minimum absolute atomic E-state index is 0. The zero-order chi connectivity index (χ0) is 21.8. The van der Waals surface area contributed by atoms with E-state index >= 15 is 0 Å². The van der Waals surface area contributed by atoms with Crippen LogP contribution in [0.2, 0.25) is 0 Å². The maximum atomic E-state index is 13.3. The molecule has 2 amide bonds. The van der Waals surface area contributed by atoms with Crippen LogP contribution in [0, 0.1) is 5.82 Å². The molecule has 7 nitrogen and oxygen atoms in total. The number of amides is 2. The van der Waals surface area contributed by atoms with Gasteiger partial charge in [0.1, 0.15) is 5.82 Å². The largest absolute Gasteiger partial charge is 0.361 e. The van der Waals surface area contributed by atoms with E-state index in [2.05, 4.69) is 20.6 Å². The summed E-state index contributed by atoms with van der Waals surface area (Å²) in [5, 5.41) is 7.33. The number of benzene rings is 2. The minimum Gasteiger partial charge on any atom is -0.361 e. The van der Waals surface area contributed by atoms with Crippen molar-refractivity contribution in [2.45, 2.75) is 13.3 Å². The number of halogens is 2. The number of hydrogen-bond acceptors (Lipinski definition) is 3. The van der Waals surface area contributed by atoms with Crippen molar-refractivity contribution in [1.82, 2.24) is 20.5 Å². The van der Waals surface area contributed by atoms with Crippen LogP contribution in [0.5, 0.6) is 0 Å². The number of imide groups is 1. The van der Waals surface area contributed by atoms with Crippen LogP contribution in [0.25, 0.3) is 10.9 Å². The van der Waals surface area contributed by atoms with Gasteiger partial charge in [-0.25, -0.2) is 4.39 Å². The Labute approximate surface area is 202 Å². The molecule has 0 bridgehead atoms. The van der Waals surface area contributed by atoms with Gasteiger partial charge in [-0.1, -0.05) is 12.1 Å². The molecule has 32 heavy (non-hydrogen) atoms. The molecule has 0 radical (unpaired) electrons. The van der Waals surface area contributed by atoms with Gasteiger partial charge in [-0.2, -0.15) is 0 Å². The quantitative estimate of drug-likeness (QED) is 0.183. The van der Waals surface area contributed by atoms with Crippen LogP contribution in [-0.4, -0.2) is 53.8 Å². The summed E-state index contributed by atoms with van der Waals surface area (Å²) in [5.74, 6) is -0.180. The molecule has 0 atom stereocenters. The van der Waals surface area contributed by atoms with Crippen molar-refractivity contribution < 1.29 is 14.0 Å². The molecule has 1 aromatic heterocycles. The second kappa shape index (κ2) is 10.6. The lowest BCUT2D eigenvalue weighted by atomic mass is 10.1. The summed E-state index contributed by atoms with van der Waals surface area (Å²) >= 11 is 0. The number of fused-ring (bicyclic) bond motifs is 2. The van der Waals surface area contributed by atoms with Crippen LogP contribution < -0.4 is 10.6 Å². The standard InChI is InChI=1S/C23H24FN5O2.HI/c1-2-25-23(26-10-9-15-14-28-20-13-16(24)7-8-17(15)20)27-11-12-29-21(30)18-5-3-4-6-19(18)22(29)31;/h3-8,13-14,28H,2,9-12H2,1H3,(H2,25,26,27);1H. The maximum Gasteiger partial charge on any atom is 0.261 e. The van der Waals surface area contributed by atoms with Gasteiger partial charge < -0.3 is 15.6 Å². The highest BCUT2D eigenvalue weighted by molar-refractivity contribution is 14.0. The molecule has 4 rings (SSSR count). The number of aromatic nitrogens is 1. The molecule has 0 saturated carbocycles. The molecule has 0 fully saturated rings. The Bertz CT molecular complexity index is 1130. The molecule has 0 saturated heterocycles. The van der Waals surface area contributed by atoms with Gasteiger partial charge in [-0.05, 0) is 49.2 Å². The number of rotatable bonds is 7. The van der Waals surface area contributed by atoms with Gasteiger partial charge in [0.05, 0.1) is 11.1 Å². The average molecular weight is 549 g/mol. The van der Waals surface area contributed by atoms with E-state index < -0.39 is 0 Å². The Kier molecular flexibility index (Phi) is 7.84. The summed E-state index contributed by atoms with van der Waals surface area (Å²) in [4.78, 5) is 33.8. The van der Waals surface area contributed by atoms with Gasteiger partial charge in [0, 0.05) is 43.3 Å². The summed E-state index contributed by atoms with van der Waals surface area (Å²) < 4.78 is 13.3. The van der Waals surface area contributed by atoms with Crippen molar-refractivity contribution in [1.29, 1.82) is 0 Å². The monoisotopic (exact) mass is 549 g/mol. The normalized spacial score (nSPS) is 13.3. The molecule has 0 unspecified atom stereocenters. The lowest BCUT2D eigenvalue weighted by Gasteiger charge is -2.16. The number of carbonyl (C=O) groups excluding carboxylic acids is 2. The van der Waals surface area contributed by atoms with E-state index in [1.165, 1.54) is 17.0 Å². The highest BCUT2D eigenvalue weighted by Crippen LogP contribution is 2.22. The number of aliphatic imine (C=N–C) groups is 1. The molecule has 2 aromatic carbocycles. The third kappa shape index (κ3) is 4.93. The van der Waals surface area contributed by atoms with Crippen molar-refractivity contribution in [3.05, 3.63) is 71.2 Å². The van der Waals surface area contributed by atoms with Crippen molar-refractivity contribution in [2.75, 3.05) is 26.2 Å². The van der Waals surface area contributed by atoms with E-state index in [9.17, 15) is 14.0 Å². The molecule has 168 valence electrons. The smallest absolute Gasteiger partial charge is 0.261 e. The van der Waals surface area contributed by atoms with E-state index in [0.717, 1.165) is 16.5 Å². The number of carbonyl (C=O) groups is 2. The van der Waals surface area contributed by atoms with Gasteiger partial charge in [0.15, 0.2) is 5.96 Å². The highest BCUT2D eigenvalue weighted by Gasteiger charge is 2.34. The van der Waals surface area contributed by atoms with Crippen LogP contribution in [0.1, 0.15) is 33.2 Å². The molecular formula is C23H25FIN5O2. The molecule has 2 heterocycles. The van der Waals surface area contributed by atoms with Crippen molar-refractivity contribution in [2.24, 2.45) is 4.99 Å². The number of H-pyrrole nitrogens is 1. The number of nitrogens with zero attached hydrogens (tertiary/aromatic N) is 2. The summed E-state index contributed by atoms with van der Waals surface area (Å²) in [7, 11) is 0. The fourth-order valence-corrected chi connectivity index (χ4v) is 3.72. The van der Waals surface area contributed by atoms with Crippen molar-refractivity contribution in [3.8, 4) is 0 Å². The molecule has 1 aliphatic heterocycles. The first-order chi connectivity index (χ1) is 15.1. The van der Waals surface area contributed by atoms with Crippen LogP contribution in [0.4, 0.5) is 4.39 Å². The fraction of sp³-hybridized carbons (Fsp3) is 0.261. The number of aromatic amines is 1. The van der Waals surface area contributed by atoms with Gasteiger partial charge in [-0.3, -0.25) is 19.5 Å². The summed E-state index contributed by atoms with van der Waals surface area (Å²) in [6.07, 6.45) is 2.57. The third-order valence-electron chi connectivity index (χ3n) is 5.23. The Morgan fingerprint density at radius 3 is 2.50 bits per heavy atom. The fourth-order valence-electron chi connectivity index (χ4n) is 3.72. The van der Waals surface area contributed by atoms with Crippen molar-refractivity contribution >= 4 is 52.7 Å². The summed E-state index contributed by atoms with van der Waals surface area (Å²) in [5.41, 5.74) is 2.74. The summed E-state index contributed by atoms with van der Waals surface area (Å²) in [6, 6.07) is 11.6. The highest BCUT2D eigenvalue weighted by atomic mass is 127. The van der Waals surface area contributed by atoms with E-state index in [4.69, 9.17) is 0 Å². The van der Waals surface area contributed by atoms with Gasteiger partial charge in [-0.15, -0.1) is 24.0 Å². The second-order valence-electron chi connectivity index (χ2n) is 7.25. The molecular weight excluding hydrogens is 524 g/mol. The topological polar surface area (TPSA) is 89.6 Å². The zero-order valence-corrected chi connectivity index (χ0v) is 20.0. The Morgan fingerprint density at radius 2 is 1.81 bits per heavy atom. The van der Waals surface area contributed by atoms with E-state index in [1.807, 2.05) is 13.1 Å². The van der Waals surface area contributed by atoms with E-state index in [-0.39, 0.29) is 48.2 Å². The van der Waals surface area contributed by atoms with Gasteiger partial charge >= 0.3 is 0 Å². The Morgan fingerprint density at radius 1 is 1.09 bits per heavy atom. The SMILES string of the molecule is CCNC(=NCCc1c[nH]c2cc(F)ccc12)NCCN1C(=O)c2ccccc2C1=O.I. The lowest BCUT2D eigenvalue weighted by Crippen LogP contribution is -2.43. The van der Waals surface area contributed by atoms with Crippen LogP contribution >= 0.6 is 24.0 Å². The van der Waals surface area contributed by atoms with Crippen molar-refractivity contribution in [3.63, 3.8) is 0 Å². The zero-order valence-electron chi connectivity index (χ0n) is 17.7. The average Bonchev–Trinajstić information content (AvgIpc) is 3.27. The molecule has 3 aromatic rings. The predicted molar refractivity (Wildman–Crippen MR) is 133 cm³/mol.